The summed E-state index contributed by atoms with van der Waals surface area (Å²) in [7, 11) is 0. The molecule has 0 spiro atoms. The van der Waals surface area contributed by atoms with Gasteiger partial charge in [-0.3, -0.25) is 4.98 Å². The molecular formula is C14H22N2O2. The molecule has 0 fully saturated rings. The van der Waals surface area contributed by atoms with E-state index < -0.39 is 0 Å². The molecule has 1 aliphatic carbocycles. The van der Waals surface area contributed by atoms with Gasteiger partial charge in [-0.25, -0.2) is 0 Å². The van der Waals surface area contributed by atoms with Crippen LogP contribution < -0.4 is 5.32 Å². The number of rotatable bonds is 7. The molecule has 2 rings (SSSR count). The molecule has 18 heavy (non-hydrogen) atoms. The van der Waals surface area contributed by atoms with Crippen LogP contribution in [0, 0.1) is 0 Å². The van der Waals surface area contributed by atoms with Gasteiger partial charge in [-0.2, -0.15) is 0 Å². The van der Waals surface area contributed by atoms with Crippen LogP contribution in [0.2, 0.25) is 0 Å². The lowest BCUT2D eigenvalue weighted by molar-refractivity contribution is 0.0902. The van der Waals surface area contributed by atoms with Crippen LogP contribution in [0.25, 0.3) is 0 Å². The summed E-state index contributed by atoms with van der Waals surface area (Å²) in [6.07, 6.45) is 6.40. The quantitative estimate of drug-likeness (QED) is 0.719. The Balaban J connectivity index is 1.74. The Labute approximate surface area is 108 Å². The van der Waals surface area contributed by atoms with Gasteiger partial charge in [-0.15, -0.1) is 0 Å². The predicted octanol–water partition coefficient (Wildman–Crippen LogP) is 1.45. The van der Waals surface area contributed by atoms with Crippen molar-refractivity contribution in [3.63, 3.8) is 0 Å². The third-order valence-electron chi connectivity index (χ3n) is 3.29. The highest BCUT2D eigenvalue weighted by Gasteiger charge is 2.20. The van der Waals surface area contributed by atoms with Crippen molar-refractivity contribution in [2.75, 3.05) is 26.4 Å². The first-order valence-electron chi connectivity index (χ1n) is 6.77. The number of aromatic nitrogens is 1. The lowest BCUT2D eigenvalue weighted by Crippen LogP contribution is -2.27. The summed E-state index contributed by atoms with van der Waals surface area (Å²) in [5.41, 5.74) is 2.61. The van der Waals surface area contributed by atoms with Crippen molar-refractivity contribution in [2.45, 2.75) is 31.7 Å². The Hall–Kier alpha value is -0.970. The highest BCUT2D eigenvalue weighted by Crippen LogP contribution is 2.27. The maximum Gasteiger partial charge on any atom is 0.0697 e. The zero-order chi connectivity index (χ0) is 12.6. The van der Waals surface area contributed by atoms with Gasteiger partial charge >= 0.3 is 0 Å². The van der Waals surface area contributed by atoms with E-state index in [-0.39, 0.29) is 6.61 Å². The van der Waals surface area contributed by atoms with Crippen LogP contribution in [-0.4, -0.2) is 36.5 Å². The standard InChI is InChI=1S/C14H22N2O2/c17-9-11-18-10-3-8-15-13-6-1-4-12-5-2-7-16-14(12)13/h2,5,7,13,15,17H,1,3-4,6,8-11H2. The molecular weight excluding hydrogens is 228 g/mol. The molecule has 0 aromatic carbocycles. The lowest BCUT2D eigenvalue weighted by Gasteiger charge is -2.25. The molecule has 1 atom stereocenters. The fourth-order valence-electron chi connectivity index (χ4n) is 2.43. The number of hydrogen-bond acceptors (Lipinski definition) is 4. The maximum absolute atomic E-state index is 8.59. The Morgan fingerprint density at radius 3 is 3.28 bits per heavy atom. The van der Waals surface area contributed by atoms with E-state index in [4.69, 9.17) is 9.84 Å². The van der Waals surface area contributed by atoms with E-state index in [1.54, 1.807) is 0 Å². The van der Waals surface area contributed by atoms with Crippen LogP contribution >= 0.6 is 0 Å². The molecule has 1 aromatic heterocycles. The van der Waals surface area contributed by atoms with Crippen molar-refractivity contribution in [2.24, 2.45) is 0 Å². The van der Waals surface area contributed by atoms with Gasteiger partial charge in [-0.05, 0) is 43.9 Å². The summed E-state index contributed by atoms with van der Waals surface area (Å²) in [5.74, 6) is 0. The molecule has 1 heterocycles. The second kappa shape index (κ2) is 7.46. The van der Waals surface area contributed by atoms with E-state index in [1.807, 2.05) is 12.3 Å². The van der Waals surface area contributed by atoms with Gasteiger partial charge in [0.15, 0.2) is 0 Å². The Morgan fingerprint density at radius 2 is 2.39 bits per heavy atom. The topological polar surface area (TPSA) is 54.4 Å². The third-order valence-corrected chi connectivity index (χ3v) is 3.29. The summed E-state index contributed by atoms with van der Waals surface area (Å²) < 4.78 is 5.24. The number of pyridine rings is 1. The fourth-order valence-corrected chi connectivity index (χ4v) is 2.43. The molecule has 4 nitrogen and oxygen atoms in total. The van der Waals surface area contributed by atoms with Crippen molar-refractivity contribution < 1.29 is 9.84 Å². The normalized spacial score (nSPS) is 18.6. The predicted molar refractivity (Wildman–Crippen MR) is 70.4 cm³/mol. The monoisotopic (exact) mass is 250 g/mol. The molecule has 1 unspecified atom stereocenters. The number of hydrogen-bond donors (Lipinski definition) is 2. The number of fused-ring (bicyclic) bond motifs is 1. The maximum atomic E-state index is 8.59. The third kappa shape index (κ3) is 3.77. The number of aliphatic hydroxyl groups is 1. The smallest absolute Gasteiger partial charge is 0.0697 e. The molecule has 0 amide bonds. The minimum atomic E-state index is 0.105. The SMILES string of the molecule is OCCOCCCNC1CCCc2cccnc21. The number of ether oxygens (including phenoxy) is 1. The van der Waals surface area contributed by atoms with E-state index >= 15 is 0 Å². The van der Waals surface area contributed by atoms with Crippen LogP contribution in [0.3, 0.4) is 0 Å². The van der Waals surface area contributed by atoms with Gasteiger partial charge in [0.05, 0.1) is 18.9 Å². The molecule has 2 N–H and O–H groups in total. The zero-order valence-corrected chi connectivity index (χ0v) is 10.8. The van der Waals surface area contributed by atoms with Gasteiger partial charge in [0, 0.05) is 18.8 Å². The fraction of sp³-hybridized carbons (Fsp3) is 0.643. The summed E-state index contributed by atoms with van der Waals surface area (Å²) in [4.78, 5) is 4.50. The molecule has 0 saturated heterocycles. The number of aliphatic hydroxyl groups excluding tert-OH is 1. The molecule has 1 aliphatic rings. The first-order chi connectivity index (χ1) is 8.92. The van der Waals surface area contributed by atoms with Gasteiger partial charge in [0.25, 0.3) is 0 Å². The number of nitrogens with one attached hydrogen (secondary N) is 1. The first kappa shape index (κ1) is 13.5. The largest absolute Gasteiger partial charge is 0.394 e. The van der Waals surface area contributed by atoms with E-state index in [9.17, 15) is 0 Å². The summed E-state index contributed by atoms with van der Waals surface area (Å²) in [5, 5.41) is 12.1. The minimum absolute atomic E-state index is 0.105. The highest BCUT2D eigenvalue weighted by molar-refractivity contribution is 5.25. The zero-order valence-electron chi connectivity index (χ0n) is 10.8. The Kier molecular flexibility index (Phi) is 5.58. The van der Waals surface area contributed by atoms with Crippen molar-refractivity contribution in [1.82, 2.24) is 10.3 Å². The van der Waals surface area contributed by atoms with Crippen LogP contribution in [0.1, 0.15) is 36.6 Å². The van der Waals surface area contributed by atoms with Crippen molar-refractivity contribution in [3.8, 4) is 0 Å². The van der Waals surface area contributed by atoms with E-state index in [0.29, 0.717) is 19.3 Å². The molecule has 4 heteroatoms. The van der Waals surface area contributed by atoms with E-state index in [2.05, 4.69) is 16.4 Å². The van der Waals surface area contributed by atoms with Crippen molar-refractivity contribution in [1.29, 1.82) is 0 Å². The van der Waals surface area contributed by atoms with Crippen LogP contribution in [0.4, 0.5) is 0 Å². The minimum Gasteiger partial charge on any atom is -0.394 e. The number of nitrogens with zero attached hydrogens (tertiary/aromatic N) is 1. The molecule has 0 saturated carbocycles. The summed E-state index contributed by atoms with van der Waals surface area (Å²) in [6.45, 7) is 2.18. The highest BCUT2D eigenvalue weighted by atomic mass is 16.5. The van der Waals surface area contributed by atoms with Crippen LogP contribution in [-0.2, 0) is 11.2 Å². The number of aryl methyl sites for hydroxylation is 1. The molecule has 0 radical (unpaired) electrons. The van der Waals surface area contributed by atoms with E-state index in [0.717, 1.165) is 19.4 Å². The van der Waals surface area contributed by atoms with Gasteiger partial charge in [0.1, 0.15) is 0 Å². The molecule has 100 valence electrons. The Morgan fingerprint density at radius 1 is 1.44 bits per heavy atom. The van der Waals surface area contributed by atoms with Crippen molar-refractivity contribution >= 4 is 0 Å². The molecule has 0 bridgehead atoms. The van der Waals surface area contributed by atoms with Crippen LogP contribution in [0.15, 0.2) is 18.3 Å². The van der Waals surface area contributed by atoms with Gasteiger partial charge < -0.3 is 15.2 Å². The molecule has 0 aliphatic heterocycles. The van der Waals surface area contributed by atoms with Gasteiger partial charge in [-0.1, -0.05) is 6.07 Å². The average molecular weight is 250 g/mol. The van der Waals surface area contributed by atoms with Crippen molar-refractivity contribution in [3.05, 3.63) is 29.6 Å². The summed E-state index contributed by atoms with van der Waals surface area (Å²) in [6, 6.07) is 4.59. The van der Waals surface area contributed by atoms with Gasteiger partial charge in [0.2, 0.25) is 0 Å². The van der Waals surface area contributed by atoms with E-state index in [1.165, 1.54) is 24.1 Å². The first-order valence-corrected chi connectivity index (χ1v) is 6.77. The second-order valence-electron chi connectivity index (χ2n) is 4.64. The summed E-state index contributed by atoms with van der Waals surface area (Å²) >= 11 is 0. The Bertz CT molecular complexity index is 357. The second-order valence-corrected chi connectivity index (χ2v) is 4.64. The molecule has 1 aromatic rings. The average Bonchev–Trinajstić information content (AvgIpc) is 2.43. The van der Waals surface area contributed by atoms with Crippen LogP contribution in [0.5, 0.6) is 0 Å². The lowest BCUT2D eigenvalue weighted by atomic mass is 9.92.